The number of amides is 2. The molecule has 0 bridgehead atoms. The lowest BCUT2D eigenvalue weighted by molar-refractivity contribution is 0.173. The van der Waals surface area contributed by atoms with E-state index in [0.29, 0.717) is 6.61 Å². The summed E-state index contributed by atoms with van der Waals surface area (Å²) in [7, 11) is 0. The quantitative estimate of drug-likeness (QED) is 0.918. The van der Waals surface area contributed by atoms with Crippen LogP contribution in [0.4, 0.5) is 4.79 Å². The van der Waals surface area contributed by atoms with E-state index in [2.05, 4.69) is 10.5 Å². The maximum atomic E-state index is 12.8. The second-order valence-electron chi connectivity index (χ2n) is 6.40. The molecule has 0 unspecified atom stereocenters. The van der Waals surface area contributed by atoms with Crippen molar-refractivity contribution in [2.75, 3.05) is 13.2 Å². The minimum Gasteiger partial charge on any atom is -0.493 e. The predicted octanol–water partition coefficient (Wildman–Crippen LogP) is 3.35. The van der Waals surface area contributed by atoms with E-state index in [4.69, 9.17) is 9.26 Å². The Morgan fingerprint density at radius 1 is 1.33 bits per heavy atom. The van der Waals surface area contributed by atoms with Gasteiger partial charge in [-0.15, -0.1) is 0 Å². The Morgan fingerprint density at radius 3 is 3.04 bits per heavy atom. The SMILES string of the molecule is Cc1cc([C@H]2CCCN2C(=O)N[C@H]2CCOc3ccccc32)on1. The number of ether oxygens (including phenoxy) is 1. The maximum absolute atomic E-state index is 12.8. The Bertz CT molecular complexity index is 743. The zero-order chi connectivity index (χ0) is 16.5. The lowest BCUT2D eigenvalue weighted by Gasteiger charge is -2.30. The van der Waals surface area contributed by atoms with Crippen LogP contribution in [0, 0.1) is 6.92 Å². The van der Waals surface area contributed by atoms with Crippen molar-refractivity contribution in [3.05, 3.63) is 47.3 Å². The molecule has 1 aromatic heterocycles. The zero-order valence-corrected chi connectivity index (χ0v) is 13.7. The van der Waals surface area contributed by atoms with Gasteiger partial charge in [0.2, 0.25) is 0 Å². The Labute approximate surface area is 140 Å². The summed E-state index contributed by atoms with van der Waals surface area (Å²) >= 11 is 0. The normalized spacial score (nSPS) is 22.8. The van der Waals surface area contributed by atoms with Crippen LogP contribution in [0.25, 0.3) is 0 Å². The molecule has 0 saturated carbocycles. The first-order valence-corrected chi connectivity index (χ1v) is 8.44. The van der Waals surface area contributed by atoms with Crippen LogP contribution in [0.5, 0.6) is 5.75 Å². The fraction of sp³-hybridized carbons (Fsp3) is 0.444. The first kappa shape index (κ1) is 15.1. The Morgan fingerprint density at radius 2 is 2.21 bits per heavy atom. The smallest absolute Gasteiger partial charge is 0.318 e. The number of hydrogen-bond donors (Lipinski definition) is 1. The molecule has 126 valence electrons. The highest BCUT2D eigenvalue weighted by Crippen LogP contribution is 2.35. The van der Waals surface area contributed by atoms with Gasteiger partial charge in [-0.1, -0.05) is 23.4 Å². The molecule has 24 heavy (non-hydrogen) atoms. The van der Waals surface area contributed by atoms with Gasteiger partial charge in [0.05, 0.1) is 24.4 Å². The van der Waals surface area contributed by atoms with E-state index in [-0.39, 0.29) is 18.1 Å². The van der Waals surface area contributed by atoms with Crippen LogP contribution in [-0.2, 0) is 0 Å². The van der Waals surface area contributed by atoms with E-state index < -0.39 is 0 Å². The van der Waals surface area contributed by atoms with Crippen molar-refractivity contribution in [2.24, 2.45) is 0 Å². The second-order valence-corrected chi connectivity index (χ2v) is 6.40. The number of aromatic nitrogens is 1. The van der Waals surface area contributed by atoms with Gasteiger partial charge >= 0.3 is 6.03 Å². The number of benzene rings is 1. The minimum atomic E-state index is -0.0479. The van der Waals surface area contributed by atoms with Gasteiger partial charge in [-0.2, -0.15) is 0 Å². The number of carbonyl (C=O) groups excluding carboxylic acids is 1. The summed E-state index contributed by atoms with van der Waals surface area (Å²) in [5, 5.41) is 7.12. The molecule has 1 fully saturated rings. The van der Waals surface area contributed by atoms with Crippen LogP contribution in [0.1, 0.15) is 48.4 Å². The largest absolute Gasteiger partial charge is 0.493 e. The van der Waals surface area contributed by atoms with E-state index in [1.807, 2.05) is 42.2 Å². The molecule has 2 aliphatic heterocycles. The molecule has 1 aromatic carbocycles. The van der Waals surface area contributed by atoms with Crippen molar-refractivity contribution in [3.63, 3.8) is 0 Å². The van der Waals surface area contributed by atoms with Gasteiger partial charge in [0, 0.05) is 24.6 Å². The Kier molecular flexibility index (Phi) is 3.88. The van der Waals surface area contributed by atoms with Crippen LogP contribution in [0.2, 0.25) is 0 Å². The highest BCUT2D eigenvalue weighted by Gasteiger charge is 2.34. The summed E-state index contributed by atoms with van der Waals surface area (Å²) in [6.45, 7) is 3.25. The van der Waals surface area contributed by atoms with Gasteiger partial charge in [0.1, 0.15) is 5.75 Å². The molecule has 4 rings (SSSR count). The number of aryl methyl sites for hydroxylation is 1. The lowest BCUT2D eigenvalue weighted by Crippen LogP contribution is -2.42. The highest BCUT2D eigenvalue weighted by atomic mass is 16.5. The van der Waals surface area contributed by atoms with E-state index in [0.717, 1.165) is 48.6 Å². The van der Waals surface area contributed by atoms with Crippen molar-refractivity contribution in [2.45, 2.75) is 38.3 Å². The van der Waals surface area contributed by atoms with Crippen LogP contribution < -0.4 is 10.1 Å². The van der Waals surface area contributed by atoms with Crippen molar-refractivity contribution >= 4 is 6.03 Å². The summed E-state index contributed by atoms with van der Waals surface area (Å²) in [5.41, 5.74) is 1.89. The topological polar surface area (TPSA) is 67.6 Å². The number of fused-ring (bicyclic) bond motifs is 1. The first-order valence-electron chi connectivity index (χ1n) is 8.44. The standard InChI is InChI=1S/C18H21N3O3/c1-12-11-17(24-20-12)15-6-4-9-21(15)18(22)19-14-8-10-23-16-7-3-2-5-13(14)16/h2-3,5,7,11,14-15H,4,6,8-10H2,1H3,(H,19,22)/t14-,15+/m0/s1. The van der Waals surface area contributed by atoms with Crippen molar-refractivity contribution in [3.8, 4) is 5.75 Å². The molecule has 2 aliphatic rings. The van der Waals surface area contributed by atoms with E-state index in [1.165, 1.54) is 0 Å². The van der Waals surface area contributed by atoms with Crippen molar-refractivity contribution in [1.82, 2.24) is 15.4 Å². The average Bonchev–Trinajstić information content (AvgIpc) is 3.24. The molecular weight excluding hydrogens is 306 g/mol. The monoisotopic (exact) mass is 327 g/mol. The summed E-state index contributed by atoms with van der Waals surface area (Å²) in [6.07, 6.45) is 2.66. The number of nitrogens with one attached hydrogen (secondary N) is 1. The van der Waals surface area contributed by atoms with Crippen LogP contribution in [0.3, 0.4) is 0 Å². The molecular formula is C18H21N3O3. The van der Waals surface area contributed by atoms with Crippen molar-refractivity contribution < 1.29 is 14.1 Å². The molecule has 6 heteroatoms. The average molecular weight is 327 g/mol. The van der Waals surface area contributed by atoms with Crippen LogP contribution >= 0.6 is 0 Å². The number of likely N-dealkylation sites (tertiary alicyclic amines) is 1. The van der Waals surface area contributed by atoms with Gasteiger partial charge in [-0.25, -0.2) is 4.79 Å². The van der Waals surface area contributed by atoms with Crippen LogP contribution in [-0.4, -0.2) is 29.2 Å². The first-order chi connectivity index (χ1) is 11.7. The summed E-state index contributed by atoms with van der Waals surface area (Å²) in [4.78, 5) is 14.7. The number of hydrogen-bond acceptors (Lipinski definition) is 4. The number of nitrogens with zero attached hydrogens (tertiary/aromatic N) is 2. The summed E-state index contributed by atoms with van der Waals surface area (Å²) < 4.78 is 11.0. The highest BCUT2D eigenvalue weighted by molar-refractivity contribution is 5.75. The van der Waals surface area contributed by atoms with Gasteiger partial charge in [0.25, 0.3) is 0 Å². The number of urea groups is 1. The van der Waals surface area contributed by atoms with E-state index in [9.17, 15) is 4.79 Å². The molecule has 1 saturated heterocycles. The summed E-state index contributed by atoms with van der Waals surface area (Å²) in [6, 6.07) is 9.72. The zero-order valence-electron chi connectivity index (χ0n) is 13.7. The number of carbonyl (C=O) groups is 1. The van der Waals surface area contributed by atoms with E-state index in [1.54, 1.807) is 0 Å². The molecule has 0 radical (unpaired) electrons. The molecule has 2 atom stereocenters. The van der Waals surface area contributed by atoms with Gasteiger partial charge < -0.3 is 19.5 Å². The minimum absolute atomic E-state index is 0.0137. The summed E-state index contributed by atoms with van der Waals surface area (Å²) in [5.74, 6) is 1.63. The third-order valence-electron chi connectivity index (χ3n) is 4.74. The van der Waals surface area contributed by atoms with Gasteiger partial charge in [-0.05, 0) is 25.8 Å². The lowest BCUT2D eigenvalue weighted by atomic mass is 10.0. The fourth-order valence-electron chi connectivity index (χ4n) is 3.57. The second kappa shape index (κ2) is 6.19. The Hall–Kier alpha value is -2.50. The molecule has 2 amide bonds. The molecule has 3 heterocycles. The van der Waals surface area contributed by atoms with Gasteiger partial charge in [-0.3, -0.25) is 0 Å². The van der Waals surface area contributed by atoms with Crippen molar-refractivity contribution in [1.29, 1.82) is 0 Å². The Balaban J connectivity index is 1.50. The molecule has 0 aliphatic carbocycles. The maximum Gasteiger partial charge on any atom is 0.318 e. The molecule has 2 aromatic rings. The number of para-hydroxylation sites is 1. The predicted molar refractivity (Wildman–Crippen MR) is 87.7 cm³/mol. The van der Waals surface area contributed by atoms with E-state index >= 15 is 0 Å². The molecule has 1 N–H and O–H groups in total. The molecule has 6 nitrogen and oxygen atoms in total. The fourth-order valence-corrected chi connectivity index (χ4v) is 3.57. The van der Waals surface area contributed by atoms with Crippen LogP contribution in [0.15, 0.2) is 34.9 Å². The molecule has 0 spiro atoms. The van der Waals surface area contributed by atoms with Gasteiger partial charge in [0.15, 0.2) is 5.76 Å². The third kappa shape index (κ3) is 2.72. The number of rotatable bonds is 2. The third-order valence-corrected chi connectivity index (χ3v) is 4.74.